The van der Waals surface area contributed by atoms with E-state index in [1.807, 2.05) is 25.7 Å². The fourth-order valence-electron chi connectivity index (χ4n) is 3.33. The third-order valence-electron chi connectivity index (χ3n) is 4.07. The Morgan fingerprint density at radius 2 is 2.10 bits per heavy atom. The molecule has 1 amide bonds. The predicted molar refractivity (Wildman–Crippen MR) is 77.6 cm³/mol. The van der Waals surface area contributed by atoms with Gasteiger partial charge in [-0.3, -0.25) is 0 Å². The van der Waals surface area contributed by atoms with Gasteiger partial charge in [-0.2, -0.15) is 0 Å². The predicted octanol–water partition coefficient (Wildman–Crippen LogP) is 1.75. The van der Waals surface area contributed by atoms with E-state index in [0.29, 0.717) is 18.0 Å². The van der Waals surface area contributed by atoms with E-state index in [9.17, 15) is 4.79 Å². The fraction of sp³-hybridized carbons (Fsp3) is 0.933. The summed E-state index contributed by atoms with van der Waals surface area (Å²) in [7, 11) is 0. The number of hydrogen-bond donors (Lipinski definition) is 2. The Balaban J connectivity index is 1.86. The van der Waals surface area contributed by atoms with Gasteiger partial charge < -0.3 is 20.1 Å². The summed E-state index contributed by atoms with van der Waals surface area (Å²) in [6.07, 6.45) is 3.86. The standard InChI is InChI=1S/C15H28N2O3/c1-15(2,3)20-14(19)17-10-11-7-12(9-13(17)8-11)16-5-4-6-18/h11-13,16,18H,4-10H2,1-3H3/t11-,12-,13+/m0/s1. The molecule has 0 aromatic carbocycles. The van der Waals surface area contributed by atoms with Crippen LogP contribution in [0.15, 0.2) is 0 Å². The van der Waals surface area contributed by atoms with Gasteiger partial charge in [-0.25, -0.2) is 4.79 Å². The molecule has 0 radical (unpaired) electrons. The van der Waals surface area contributed by atoms with E-state index in [1.165, 1.54) is 0 Å². The van der Waals surface area contributed by atoms with Gasteiger partial charge in [0.2, 0.25) is 0 Å². The minimum atomic E-state index is -0.424. The molecule has 0 unspecified atom stereocenters. The molecule has 3 atom stereocenters. The van der Waals surface area contributed by atoms with Crippen molar-refractivity contribution >= 4 is 6.09 Å². The number of aliphatic hydroxyl groups excluding tert-OH is 1. The van der Waals surface area contributed by atoms with E-state index in [-0.39, 0.29) is 12.7 Å². The van der Waals surface area contributed by atoms with Crippen LogP contribution >= 0.6 is 0 Å². The van der Waals surface area contributed by atoms with E-state index in [4.69, 9.17) is 9.84 Å². The van der Waals surface area contributed by atoms with Gasteiger partial charge in [0.1, 0.15) is 5.60 Å². The van der Waals surface area contributed by atoms with Gasteiger partial charge in [-0.1, -0.05) is 0 Å². The number of ether oxygens (including phenoxy) is 1. The molecule has 20 heavy (non-hydrogen) atoms. The number of carbonyl (C=O) groups excluding carboxylic acids is 1. The van der Waals surface area contributed by atoms with Crippen molar-refractivity contribution in [2.75, 3.05) is 19.7 Å². The van der Waals surface area contributed by atoms with E-state index < -0.39 is 5.60 Å². The van der Waals surface area contributed by atoms with E-state index >= 15 is 0 Å². The minimum absolute atomic E-state index is 0.166. The van der Waals surface area contributed by atoms with E-state index in [1.54, 1.807) is 0 Å². The summed E-state index contributed by atoms with van der Waals surface area (Å²) in [6.45, 7) is 7.65. The van der Waals surface area contributed by atoms with Crippen LogP contribution in [-0.4, -0.2) is 53.5 Å². The summed E-state index contributed by atoms with van der Waals surface area (Å²) in [6, 6.07) is 0.785. The van der Waals surface area contributed by atoms with Gasteiger partial charge in [0.15, 0.2) is 0 Å². The highest BCUT2D eigenvalue weighted by Crippen LogP contribution is 2.36. The molecule has 5 nitrogen and oxygen atoms in total. The molecule has 2 fully saturated rings. The highest BCUT2D eigenvalue weighted by atomic mass is 16.6. The Hall–Kier alpha value is -0.810. The Morgan fingerprint density at radius 3 is 2.75 bits per heavy atom. The zero-order valence-electron chi connectivity index (χ0n) is 12.9. The molecule has 0 aromatic rings. The maximum atomic E-state index is 12.2. The van der Waals surface area contributed by atoms with Crippen LogP contribution < -0.4 is 5.32 Å². The Labute approximate surface area is 121 Å². The average molecular weight is 284 g/mol. The zero-order chi connectivity index (χ0) is 14.8. The third-order valence-corrected chi connectivity index (χ3v) is 4.07. The zero-order valence-corrected chi connectivity index (χ0v) is 12.9. The van der Waals surface area contributed by atoms with Crippen molar-refractivity contribution in [3.05, 3.63) is 0 Å². The summed E-state index contributed by atoms with van der Waals surface area (Å²) in [5.74, 6) is 0.591. The first kappa shape index (κ1) is 15.6. The Bertz CT molecular complexity index is 341. The number of likely N-dealkylation sites (tertiary alicyclic amines) is 1. The van der Waals surface area contributed by atoms with Crippen LogP contribution in [0.1, 0.15) is 46.5 Å². The molecule has 1 saturated carbocycles. The largest absolute Gasteiger partial charge is 0.444 e. The van der Waals surface area contributed by atoms with Gasteiger partial charge in [0, 0.05) is 25.2 Å². The van der Waals surface area contributed by atoms with Crippen molar-refractivity contribution in [2.24, 2.45) is 5.92 Å². The summed E-state index contributed by atoms with van der Waals surface area (Å²) in [5.41, 5.74) is -0.424. The molecular weight excluding hydrogens is 256 g/mol. The number of hydrogen-bond acceptors (Lipinski definition) is 4. The number of carbonyl (C=O) groups is 1. The number of nitrogens with one attached hydrogen (secondary N) is 1. The summed E-state index contributed by atoms with van der Waals surface area (Å²) < 4.78 is 5.50. The summed E-state index contributed by atoms with van der Waals surface area (Å²) in [5, 5.41) is 12.3. The molecule has 2 rings (SSSR count). The Kier molecular flexibility index (Phi) is 4.91. The van der Waals surface area contributed by atoms with Crippen LogP contribution in [0.3, 0.4) is 0 Å². The monoisotopic (exact) mass is 284 g/mol. The molecule has 1 aliphatic heterocycles. The van der Waals surface area contributed by atoms with Crippen LogP contribution in [0, 0.1) is 5.92 Å². The maximum absolute atomic E-state index is 12.2. The van der Waals surface area contributed by atoms with Crippen LogP contribution in [-0.2, 0) is 4.74 Å². The smallest absolute Gasteiger partial charge is 0.410 e. The molecule has 0 spiro atoms. The molecular formula is C15H28N2O3. The molecule has 0 aromatic heterocycles. The van der Waals surface area contributed by atoms with Crippen LogP contribution in [0.4, 0.5) is 4.79 Å². The molecule has 5 heteroatoms. The number of amides is 1. The molecule has 1 saturated heterocycles. The lowest BCUT2D eigenvalue weighted by molar-refractivity contribution is 0.0219. The van der Waals surface area contributed by atoms with Crippen molar-refractivity contribution in [3.63, 3.8) is 0 Å². The second kappa shape index (κ2) is 6.31. The van der Waals surface area contributed by atoms with Crippen LogP contribution in [0.5, 0.6) is 0 Å². The first-order valence-electron chi connectivity index (χ1n) is 7.73. The normalized spacial score (nSPS) is 29.6. The third kappa shape index (κ3) is 4.09. The van der Waals surface area contributed by atoms with Crippen LogP contribution in [0.2, 0.25) is 0 Å². The van der Waals surface area contributed by atoms with Gasteiger partial charge in [-0.15, -0.1) is 0 Å². The summed E-state index contributed by atoms with van der Waals surface area (Å²) >= 11 is 0. The lowest BCUT2D eigenvalue weighted by atomic mass is 9.86. The molecule has 2 bridgehead atoms. The average Bonchev–Trinajstić information content (AvgIpc) is 2.63. The lowest BCUT2D eigenvalue weighted by Crippen LogP contribution is -2.43. The second-order valence-electron chi connectivity index (χ2n) is 7.09. The lowest BCUT2D eigenvalue weighted by Gasteiger charge is -2.31. The van der Waals surface area contributed by atoms with Crippen molar-refractivity contribution < 1.29 is 14.6 Å². The molecule has 2 aliphatic rings. The molecule has 1 heterocycles. The first-order valence-corrected chi connectivity index (χ1v) is 7.73. The van der Waals surface area contributed by atoms with Gasteiger partial charge in [-0.05, 0) is 58.9 Å². The maximum Gasteiger partial charge on any atom is 0.410 e. The molecule has 1 aliphatic carbocycles. The van der Waals surface area contributed by atoms with E-state index in [2.05, 4.69) is 5.32 Å². The van der Waals surface area contributed by atoms with Gasteiger partial charge >= 0.3 is 6.09 Å². The first-order chi connectivity index (χ1) is 9.39. The number of aliphatic hydroxyl groups is 1. The second-order valence-corrected chi connectivity index (χ2v) is 7.09. The number of nitrogens with zero attached hydrogens (tertiary/aromatic N) is 1. The molecule has 116 valence electrons. The fourth-order valence-corrected chi connectivity index (χ4v) is 3.33. The topological polar surface area (TPSA) is 61.8 Å². The number of fused-ring (bicyclic) bond motifs is 2. The van der Waals surface area contributed by atoms with Crippen molar-refractivity contribution in [1.29, 1.82) is 0 Å². The van der Waals surface area contributed by atoms with Crippen molar-refractivity contribution in [1.82, 2.24) is 10.2 Å². The SMILES string of the molecule is CC(C)(C)OC(=O)N1C[C@H]2C[C@H](NCCCO)C[C@H]1C2. The van der Waals surface area contributed by atoms with Gasteiger partial charge in [0.05, 0.1) is 0 Å². The summed E-state index contributed by atoms with van der Waals surface area (Å²) in [4.78, 5) is 14.1. The minimum Gasteiger partial charge on any atom is -0.444 e. The highest BCUT2D eigenvalue weighted by molar-refractivity contribution is 5.69. The van der Waals surface area contributed by atoms with Gasteiger partial charge in [0.25, 0.3) is 0 Å². The van der Waals surface area contributed by atoms with Crippen molar-refractivity contribution in [2.45, 2.75) is 64.1 Å². The number of rotatable bonds is 4. The van der Waals surface area contributed by atoms with E-state index in [0.717, 1.165) is 38.8 Å². The molecule has 2 N–H and O–H groups in total. The Morgan fingerprint density at radius 1 is 1.35 bits per heavy atom. The highest BCUT2D eigenvalue weighted by Gasteiger charge is 2.42. The quantitative estimate of drug-likeness (QED) is 0.772. The van der Waals surface area contributed by atoms with Crippen LogP contribution in [0.25, 0.3) is 0 Å². The van der Waals surface area contributed by atoms with Crippen molar-refractivity contribution in [3.8, 4) is 0 Å².